The molecule has 0 radical (unpaired) electrons. The predicted octanol–water partition coefficient (Wildman–Crippen LogP) is 2.28. The van der Waals surface area contributed by atoms with Crippen LogP contribution in [0.25, 0.3) is 0 Å². The fourth-order valence-electron chi connectivity index (χ4n) is 1.30. The molecule has 0 bridgehead atoms. The average molecular weight is 266 g/mol. The van der Waals surface area contributed by atoms with E-state index in [1.54, 1.807) is 11.4 Å². The molecule has 7 heteroatoms. The maximum absolute atomic E-state index is 12.0. The van der Waals surface area contributed by atoms with Crippen molar-refractivity contribution in [2.75, 3.05) is 0 Å². The number of carbonyl (C=O) groups excluding carboxylic acids is 1. The number of nitrogens with one attached hydrogen (secondary N) is 1. The van der Waals surface area contributed by atoms with Crippen LogP contribution >= 0.6 is 11.3 Å². The molecule has 1 unspecified atom stereocenters. The molecule has 1 amide bonds. The molecule has 0 aromatic carbocycles. The van der Waals surface area contributed by atoms with Gasteiger partial charge in [-0.3, -0.25) is 4.79 Å². The zero-order valence-corrected chi connectivity index (χ0v) is 9.99. The molecule has 0 saturated carbocycles. The Balaban J connectivity index is 2.42. The molecule has 1 heterocycles. The summed E-state index contributed by atoms with van der Waals surface area (Å²) in [5.74, 6) is -0.532. The lowest BCUT2D eigenvalue weighted by atomic mass is 10.2. The van der Waals surface area contributed by atoms with E-state index in [-0.39, 0.29) is 0 Å². The lowest BCUT2D eigenvalue weighted by Gasteiger charge is -2.14. The molecule has 1 aromatic heterocycles. The summed E-state index contributed by atoms with van der Waals surface area (Å²) in [5, 5.41) is 4.34. The Morgan fingerprint density at radius 3 is 2.71 bits per heavy atom. The van der Waals surface area contributed by atoms with E-state index in [1.807, 2.05) is 0 Å². The van der Waals surface area contributed by atoms with Crippen LogP contribution in [-0.4, -0.2) is 18.1 Å². The van der Waals surface area contributed by atoms with Crippen molar-refractivity contribution in [2.24, 2.45) is 5.73 Å². The zero-order chi connectivity index (χ0) is 13.1. The summed E-state index contributed by atoms with van der Waals surface area (Å²) in [6, 6.07) is 0.925. The minimum absolute atomic E-state index is 0.301. The maximum atomic E-state index is 12.0. The fourth-order valence-corrected chi connectivity index (χ4v) is 2.12. The largest absolute Gasteiger partial charge is 0.390 e. The van der Waals surface area contributed by atoms with Crippen molar-refractivity contribution in [3.05, 3.63) is 21.9 Å². The second-order valence-corrected chi connectivity index (χ2v) is 4.76. The summed E-state index contributed by atoms with van der Waals surface area (Å²) in [5.41, 5.74) is 5.45. The van der Waals surface area contributed by atoms with Gasteiger partial charge in [-0.05, 0) is 13.0 Å². The number of alkyl halides is 3. The lowest BCUT2D eigenvalue weighted by Crippen LogP contribution is -2.30. The molecule has 3 N–H and O–H groups in total. The van der Waals surface area contributed by atoms with Crippen molar-refractivity contribution in [1.82, 2.24) is 5.32 Å². The molecule has 1 atom stereocenters. The average Bonchev–Trinajstić information content (AvgIpc) is 2.60. The van der Waals surface area contributed by atoms with E-state index >= 15 is 0 Å². The van der Waals surface area contributed by atoms with Gasteiger partial charge in [0.15, 0.2) is 0 Å². The first kappa shape index (κ1) is 14.0. The SMILES string of the molecule is CC(CC(F)(F)F)NCc1cc(C(N)=O)cs1. The van der Waals surface area contributed by atoms with Crippen molar-refractivity contribution in [3.63, 3.8) is 0 Å². The van der Waals surface area contributed by atoms with Gasteiger partial charge in [-0.1, -0.05) is 0 Å². The molecular weight excluding hydrogens is 253 g/mol. The number of hydrogen-bond donors (Lipinski definition) is 2. The molecule has 96 valence electrons. The molecule has 0 saturated heterocycles. The second kappa shape index (κ2) is 5.50. The molecule has 0 aliphatic heterocycles. The molecule has 1 aromatic rings. The topological polar surface area (TPSA) is 55.1 Å². The van der Waals surface area contributed by atoms with Crippen molar-refractivity contribution in [1.29, 1.82) is 0 Å². The third-order valence-electron chi connectivity index (χ3n) is 2.10. The van der Waals surface area contributed by atoms with Crippen molar-refractivity contribution < 1.29 is 18.0 Å². The van der Waals surface area contributed by atoms with E-state index in [1.165, 1.54) is 18.3 Å². The Hall–Kier alpha value is -1.08. The van der Waals surface area contributed by atoms with Gasteiger partial charge in [0.25, 0.3) is 0 Å². The zero-order valence-electron chi connectivity index (χ0n) is 9.17. The van der Waals surface area contributed by atoms with Gasteiger partial charge >= 0.3 is 6.18 Å². The van der Waals surface area contributed by atoms with Gasteiger partial charge in [-0.15, -0.1) is 11.3 Å². The minimum atomic E-state index is -4.17. The van der Waals surface area contributed by atoms with E-state index in [2.05, 4.69) is 5.32 Å². The predicted molar refractivity (Wildman–Crippen MR) is 59.8 cm³/mol. The van der Waals surface area contributed by atoms with Crippen LogP contribution in [0.1, 0.15) is 28.6 Å². The van der Waals surface area contributed by atoms with Crippen LogP contribution < -0.4 is 11.1 Å². The third kappa shape index (κ3) is 5.18. The van der Waals surface area contributed by atoms with Crippen LogP contribution in [0, 0.1) is 0 Å². The Morgan fingerprint density at radius 1 is 1.59 bits per heavy atom. The Kier molecular flexibility index (Phi) is 4.53. The number of rotatable bonds is 5. The van der Waals surface area contributed by atoms with Gasteiger partial charge in [-0.25, -0.2) is 0 Å². The van der Waals surface area contributed by atoms with Crippen LogP contribution in [0.3, 0.4) is 0 Å². The molecular formula is C10H13F3N2OS. The Labute approximate surface area is 101 Å². The first-order chi connectivity index (χ1) is 7.78. The van der Waals surface area contributed by atoms with Crippen molar-refractivity contribution in [3.8, 4) is 0 Å². The standard InChI is InChI=1S/C10H13F3N2OS/c1-6(3-10(11,12)13)15-4-8-2-7(5-17-8)9(14)16/h2,5-6,15H,3-4H2,1H3,(H2,14,16). The molecule has 1 rings (SSSR count). The van der Waals surface area contributed by atoms with Crippen LogP contribution in [0.5, 0.6) is 0 Å². The highest BCUT2D eigenvalue weighted by molar-refractivity contribution is 7.10. The quantitative estimate of drug-likeness (QED) is 0.859. The van der Waals surface area contributed by atoms with Crippen LogP contribution in [0.15, 0.2) is 11.4 Å². The summed E-state index contributed by atoms with van der Waals surface area (Å²) in [7, 11) is 0. The summed E-state index contributed by atoms with van der Waals surface area (Å²) < 4.78 is 36.1. The highest BCUT2D eigenvalue weighted by atomic mass is 32.1. The number of carbonyl (C=O) groups is 1. The first-order valence-corrected chi connectivity index (χ1v) is 5.83. The number of nitrogens with two attached hydrogens (primary N) is 1. The third-order valence-corrected chi connectivity index (χ3v) is 3.04. The molecule has 0 aliphatic carbocycles. The van der Waals surface area contributed by atoms with Crippen LogP contribution in [-0.2, 0) is 6.54 Å². The first-order valence-electron chi connectivity index (χ1n) is 4.95. The number of amides is 1. The smallest absolute Gasteiger partial charge is 0.366 e. The van der Waals surface area contributed by atoms with Gasteiger partial charge < -0.3 is 11.1 Å². The monoisotopic (exact) mass is 266 g/mol. The van der Waals surface area contributed by atoms with Crippen molar-refractivity contribution >= 4 is 17.2 Å². The van der Waals surface area contributed by atoms with Gasteiger partial charge in [0, 0.05) is 22.8 Å². The number of thiophene rings is 1. The molecule has 0 aliphatic rings. The Bertz CT molecular complexity index is 389. The second-order valence-electron chi connectivity index (χ2n) is 3.77. The number of primary amides is 1. The van der Waals surface area contributed by atoms with E-state index in [9.17, 15) is 18.0 Å². The van der Waals surface area contributed by atoms with E-state index in [4.69, 9.17) is 5.73 Å². The molecule has 0 fully saturated rings. The molecule has 0 spiro atoms. The summed E-state index contributed by atoms with van der Waals surface area (Å²) in [6.07, 6.45) is -5.04. The van der Waals surface area contributed by atoms with Gasteiger partial charge in [0.1, 0.15) is 0 Å². The normalized spacial score (nSPS) is 13.6. The molecule has 17 heavy (non-hydrogen) atoms. The summed E-state index contributed by atoms with van der Waals surface area (Å²) in [6.45, 7) is 1.77. The van der Waals surface area contributed by atoms with Gasteiger partial charge in [-0.2, -0.15) is 13.2 Å². The summed E-state index contributed by atoms with van der Waals surface area (Å²) in [4.78, 5) is 11.6. The fraction of sp³-hybridized carbons (Fsp3) is 0.500. The summed E-state index contributed by atoms with van der Waals surface area (Å²) >= 11 is 1.29. The van der Waals surface area contributed by atoms with Crippen LogP contribution in [0.2, 0.25) is 0 Å². The maximum Gasteiger partial charge on any atom is 0.390 e. The van der Waals surface area contributed by atoms with E-state index in [0.29, 0.717) is 12.1 Å². The van der Waals surface area contributed by atoms with E-state index in [0.717, 1.165) is 4.88 Å². The number of halogens is 3. The lowest BCUT2D eigenvalue weighted by molar-refractivity contribution is -0.139. The van der Waals surface area contributed by atoms with Gasteiger partial charge in [0.05, 0.1) is 12.0 Å². The number of hydrogen-bond acceptors (Lipinski definition) is 3. The van der Waals surface area contributed by atoms with Crippen LogP contribution in [0.4, 0.5) is 13.2 Å². The highest BCUT2D eigenvalue weighted by Crippen LogP contribution is 2.22. The molecule has 3 nitrogen and oxygen atoms in total. The Morgan fingerprint density at radius 2 is 2.24 bits per heavy atom. The minimum Gasteiger partial charge on any atom is -0.366 e. The van der Waals surface area contributed by atoms with Crippen molar-refractivity contribution in [2.45, 2.75) is 32.1 Å². The van der Waals surface area contributed by atoms with Gasteiger partial charge in [0.2, 0.25) is 5.91 Å². The highest BCUT2D eigenvalue weighted by Gasteiger charge is 2.29. The van der Waals surface area contributed by atoms with E-state index < -0.39 is 24.5 Å².